The number of halogens is 1. The van der Waals surface area contributed by atoms with Crippen molar-refractivity contribution < 1.29 is 19.1 Å². The van der Waals surface area contributed by atoms with Crippen LogP contribution in [0.25, 0.3) is 0 Å². The summed E-state index contributed by atoms with van der Waals surface area (Å²) in [4.78, 5) is 22.6. The summed E-state index contributed by atoms with van der Waals surface area (Å²) in [7, 11) is 0. The van der Waals surface area contributed by atoms with E-state index in [1.807, 2.05) is 26.0 Å². The van der Waals surface area contributed by atoms with Crippen molar-refractivity contribution in [2.75, 3.05) is 13.2 Å². The Hall–Kier alpha value is -3.49. The first-order chi connectivity index (χ1) is 29.2. The Morgan fingerprint density at radius 1 is 0.433 bits per heavy atom. The molecule has 0 heterocycles. The number of ether oxygens (including phenoxy) is 2. The van der Waals surface area contributed by atoms with Gasteiger partial charge in [-0.15, -0.1) is 0 Å². The molecule has 0 radical (unpaired) electrons. The van der Waals surface area contributed by atoms with Crippen molar-refractivity contribution in [1.82, 2.24) is 5.32 Å². The minimum atomic E-state index is -0.127. The molecule has 0 bridgehead atoms. The van der Waals surface area contributed by atoms with Gasteiger partial charge in [-0.3, -0.25) is 9.59 Å². The molecule has 0 saturated heterocycles. The Balaban J connectivity index is -0.000000933. The molecule has 0 aliphatic rings. The molecule has 0 spiro atoms. The highest BCUT2D eigenvalue weighted by molar-refractivity contribution is 14.1. The minimum Gasteiger partial charge on any atom is -0.466 e. The van der Waals surface area contributed by atoms with Gasteiger partial charge in [0, 0.05) is 18.5 Å². The lowest BCUT2D eigenvalue weighted by molar-refractivity contribution is -0.143. The van der Waals surface area contributed by atoms with Crippen LogP contribution in [0.1, 0.15) is 152 Å². The molecule has 1 N–H and O–H groups in total. The van der Waals surface area contributed by atoms with Crippen LogP contribution in [-0.4, -0.2) is 41.2 Å². The van der Waals surface area contributed by atoms with E-state index in [0.717, 1.165) is 89.9 Å². The van der Waals surface area contributed by atoms with Crippen molar-refractivity contribution in [3.05, 3.63) is 146 Å². The monoisotopic (exact) mass is 940 g/mol. The number of hydrogen-bond donors (Lipinski definition) is 1. The van der Waals surface area contributed by atoms with Crippen molar-refractivity contribution in [3.8, 4) is 0 Å². The van der Waals surface area contributed by atoms with Crippen LogP contribution in [0.4, 0.5) is 0 Å². The van der Waals surface area contributed by atoms with Gasteiger partial charge in [0.05, 0.1) is 13.2 Å². The first-order valence-electron chi connectivity index (χ1n) is 22.7. The lowest BCUT2D eigenvalue weighted by Crippen LogP contribution is -2.29. The van der Waals surface area contributed by atoms with Crippen LogP contribution in [0.5, 0.6) is 0 Å². The second-order valence-electron chi connectivity index (χ2n) is 14.1. The summed E-state index contributed by atoms with van der Waals surface area (Å²) >= 11 is 2.13. The fourth-order valence-corrected chi connectivity index (χ4v) is 5.28. The van der Waals surface area contributed by atoms with E-state index in [2.05, 4.69) is 203 Å². The molecule has 0 aliphatic carbocycles. The lowest BCUT2D eigenvalue weighted by Gasteiger charge is -2.10. The summed E-state index contributed by atoms with van der Waals surface area (Å²) in [6.07, 6.45) is 66.2. The molecule has 1 atom stereocenters. The number of carbonyl (C=O) groups excluding carboxylic acids is 2. The van der Waals surface area contributed by atoms with Crippen LogP contribution in [0.2, 0.25) is 0 Å². The third kappa shape index (κ3) is 58.8. The molecular formula is C54H86INO4. The van der Waals surface area contributed by atoms with Gasteiger partial charge in [-0.2, -0.15) is 0 Å². The SMILES string of the molecule is CC(C)NC(C)C.CC/C=C\C/C=C\C/C=C\C/C=C\C/C=C\C/C=C\CC(I)C(=O)OCC.CC/C=C\C/C=C\C/C=C\C/C=C\C/C=C\C/C=C\CCC(=O)OCC. The summed E-state index contributed by atoms with van der Waals surface area (Å²) < 4.78 is 9.76. The first-order valence-corrected chi connectivity index (χ1v) is 23.9. The highest BCUT2D eigenvalue weighted by atomic mass is 127. The average Bonchev–Trinajstić information content (AvgIpc) is 3.21. The van der Waals surface area contributed by atoms with E-state index < -0.39 is 0 Å². The van der Waals surface area contributed by atoms with Crippen LogP contribution in [0.15, 0.2) is 146 Å². The molecule has 0 aromatic rings. The fourth-order valence-electron chi connectivity index (χ4n) is 4.81. The van der Waals surface area contributed by atoms with E-state index in [9.17, 15) is 9.59 Å². The third-order valence-corrected chi connectivity index (χ3v) is 8.58. The molecule has 0 aliphatic heterocycles. The van der Waals surface area contributed by atoms with Gasteiger partial charge in [0.15, 0.2) is 0 Å². The topological polar surface area (TPSA) is 64.6 Å². The van der Waals surface area contributed by atoms with Crippen LogP contribution in [0.3, 0.4) is 0 Å². The summed E-state index contributed by atoms with van der Waals surface area (Å²) in [5, 5.41) is 3.31. The van der Waals surface area contributed by atoms with Crippen molar-refractivity contribution in [2.45, 2.75) is 168 Å². The molecule has 60 heavy (non-hydrogen) atoms. The van der Waals surface area contributed by atoms with Crippen LogP contribution in [-0.2, 0) is 19.1 Å². The number of esters is 2. The summed E-state index contributed by atoms with van der Waals surface area (Å²) in [6, 6.07) is 1.25. The Kier molecular flexibility index (Phi) is 54.3. The zero-order valence-electron chi connectivity index (χ0n) is 39.1. The molecule has 0 rings (SSSR count). The molecule has 6 heteroatoms. The number of rotatable bonds is 32. The maximum atomic E-state index is 11.5. The number of alkyl halides is 1. The quantitative estimate of drug-likeness (QED) is 0.0315. The molecular weight excluding hydrogens is 854 g/mol. The maximum absolute atomic E-state index is 11.5. The molecule has 0 aromatic heterocycles. The Morgan fingerprint density at radius 3 is 0.983 bits per heavy atom. The summed E-state index contributed by atoms with van der Waals surface area (Å²) in [6.45, 7) is 17.5. The predicted octanol–water partition coefficient (Wildman–Crippen LogP) is 15.9. The normalized spacial score (nSPS) is 13.2. The van der Waals surface area contributed by atoms with E-state index in [1.54, 1.807) is 0 Å². The molecule has 0 amide bonds. The van der Waals surface area contributed by atoms with Crippen molar-refractivity contribution in [3.63, 3.8) is 0 Å². The van der Waals surface area contributed by atoms with E-state index in [1.165, 1.54) is 0 Å². The molecule has 1 unspecified atom stereocenters. The molecule has 0 aromatic carbocycles. The smallest absolute Gasteiger partial charge is 0.319 e. The number of nitrogens with one attached hydrogen (secondary N) is 1. The highest BCUT2D eigenvalue weighted by Gasteiger charge is 2.13. The number of carbonyl (C=O) groups is 2. The zero-order chi connectivity index (χ0) is 45.0. The zero-order valence-corrected chi connectivity index (χ0v) is 41.3. The second kappa shape index (κ2) is 53.5. The lowest BCUT2D eigenvalue weighted by atomic mass is 10.2. The second-order valence-corrected chi connectivity index (χ2v) is 15.6. The Morgan fingerprint density at radius 2 is 0.717 bits per heavy atom. The van der Waals surface area contributed by atoms with Crippen molar-refractivity contribution in [1.29, 1.82) is 0 Å². The molecule has 338 valence electrons. The van der Waals surface area contributed by atoms with Gasteiger partial charge in [0.25, 0.3) is 0 Å². The van der Waals surface area contributed by atoms with Crippen LogP contribution < -0.4 is 5.32 Å². The molecule has 0 saturated carbocycles. The largest absolute Gasteiger partial charge is 0.466 e. The van der Waals surface area contributed by atoms with E-state index in [4.69, 9.17) is 9.47 Å². The van der Waals surface area contributed by atoms with E-state index in [-0.39, 0.29) is 15.9 Å². The van der Waals surface area contributed by atoms with Gasteiger partial charge in [-0.1, -0.05) is 210 Å². The molecule has 5 nitrogen and oxygen atoms in total. The predicted molar refractivity (Wildman–Crippen MR) is 275 cm³/mol. The van der Waals surface area contributed by atoms with Gasteiger partial charge < -0.3 is 14.8 Å². The Bertz CT molecular complexity index is 1310. The number of allylic oxidation sites excluding steroid dienone is 24. The van der Waals surface area contributed by atoms with Gasteiger partial charge >= 0.3 is 11.9 Å². The Labute approximate surface area is 383 Å². The van der Waals surface area contributed by atoms with E-state index >= 15 is 0 Å². The van der Waals surface area contributed by atoms with Gasteiger partial charge in [0.2, 0.25) is 0 Å². The third-order valence-electron chi connectivity index (χ3n) is 7.57. The van der Waals surface area contributed by atoms with Crippen molar-refractivity contribution >= 4 is 34.5 Å². The summed E-state index contributed by atoms with van der Waals surface area (Å²) in [5.41, 5.74) is 0. The standard InChI is InChI=1S/C24H35IO2.C24H36O2.C6H15N/c1-3-5-6-7-8-9-10-11-12-13-14-15-16-17-18-19-20-21-22-23(25)24(26)27-4-2;1-3-5-6-7-8-9-10-11-12-13-14-15-16-17-18-19-20-21-22-23-24(25)26-4-2;1-5(2)7-6(3)4/h5-6,8-9,11-12,14-15,17-18,20-21,23H,3-4,7,10,13,16,19,22H2,1-2H3;5-6,8-9,11-12,14-15,17-18,20-21H,3-4,7,10,13,16,19,22-23H2,1-2H3;5-7H,1-4H3/b2*6-5-,9-8-,12-11-,15-14-,18-17-,21-20-;. The van der Waals surface area contributed by atoms with Crippen LogP contribution in [0, 0.1) is 0 Å². The van der Waals surface area contributed by atoms with Gasteiger partial charge in [0.1, 0.15) is 3.92 Å². The fraction of sp³-hybridized carbons (Fsp3) is 0.519. The van der Waals surface area contributed by atoms with Crippen molar-refractivity contribution in [2.24, 2.45) is 0 Å². The minimum absolute atomic E-state index is 0.0906. The maximum Gasteiger partial charge on any atom is 0.319 e. The van der Waals surface area contributed by atoms with E-state index in [0.29, 0.717) is 31.7 Å². The highest BCUT2D eigenvalue weighted by Crippen LogP contribution is 2.09. The van der Waals surface area contributed by atoms with Gasteiger partial charge in [-0.05, 0) is 104 Å². The average molecular weight is 940 g/mol. The van der Waals surface area contributed by atoms with Gasteiger partial charge in [-0.25, -0.2) is 0 Å². The number of hydrogen-bond acceptors (Lipinski definition) is 5. The summed E-state index contributed by atoms with van der Waals surface area (Å²) in [5.74, 6) is -0.246. The van der Waals surface area contributed by atoms with Crippen LogP contribution >= 0.6 is 22.6 Å². The molecule has 0 fully saturated rings. The first kappa shape index (κ1) is 60.8.